The highest BCUT2D eigenvalue weighted by Crippen LogP contribution is 2.27. The summed E-state index contributed by atoms with van der Waals surface area (Å²) in [7, 11) is 0. The molecule has 0 amide bonds. The minimum Gasteiger partial charge on any atom is -0.240 e. The maximum Gasteiger partial charge on any atom is 0.435 e. The SMILES string of the molecule is FC(F)(F)c1[c]cn(-c2ccc(Cl)cc2)n1. The molecule has 0 bridgehead atoms. The van der Waals surface area contributed by atoms with Gasteiger partial charge in [0, 0.05) is 17.3 Å². The molecule has 1 radical (unpaired) electrons. The highest BCUT2D eigenvalue weighted by Gasteiger charge is 2.33. The second-order valence-corrected chi connectivity index (χ2v) is 3.48. The molecular formula is C10H5ClF3N2. The van der Waals surface area contributed by atoms with E-state index < -0.39 is 11.9 Å². The molecule has 1 aromatic heterocycles. The summed E-state index contributed by atoms with van der Waals surface area (Å²) >= 11 is 5.66. The predicted octanol–water partition coefficient (Wildman–Crippen LogP) is 3.34. The zero-order valence-electron chi connectivity index (χ0n) is 7.79. The fourth-order valence-corrected chi connectivity index (χ4v) is 1.28. The molecule has 0 aliphatic carbocycles. The topological polar surface area (TPSA) is 17.8 Å². The van der Waals surface area contributed by atoms with Crippen molar-refractivity contribution in [3.63, 3.8) is 0 Å². The molecule has 0 N–H and O–H groups in total. The van der Waals surface area contributed by atoms with Gasteiger partial charge in [-0.3, -0.25) is 0 Å². The highest BCUT2D eigenvalue weighted by atomic mass is 35.5. The molecule has 2 rings (SSSR count). The maximum absolute atomic E-state index is 12.3. The first-order valence-corrected chi connectivity index (χ1v) is 4.65. The van der Waals surface area contributed by atoms with E-state index in [0.717, 1.165) is 10.9 Å². The molecule has 1 aromatic carbocycles. The Bertz CT molecular complexity index is 488. The smallest absolute Gasteiger partial charge is 0.240 e. The summed E-state index contributed by atoms with van der Waals surface area (Å²) in [4.78, 5) is 0. The van der Waals surface area contributed by atoms with Crippen molar-refractivity contribution in [2.24, 2.45) is 0 Å². The van der Waals surface area contributed by atoms with Gasteiger partial charge in [0.05, 0.1) is 5.69 Å². The molecule has 0 aliphatic heterocycles. The number of aromatic nitrogens is 2. The van der Waals surface area contributed by atoms with Gasteiger partial charge in [-0.15, -0.1) is 0 Å². The largest absolute Gasteiger partial charge is 0.435 e. The number of alkyl halides is 3. The van der Waals surface area contributed by atoms with E-state index >= 15 is 0 Å². The van der Waals surface area contributed by atoms with Crippen molar-refractivity contribution in [3.8, 4) is 5.69 Å². The summed E-state index contributed by atoms with van der Waals surface area (Å²) in [6.45, 7) is 0. The number of halogens is 4. The van der Waals surface area contributed by atoms with Crippen LogP contribution in [0.15, 0.2) is 30.5 Å². The fourth-order valence-electron chi connectivity index (χ4n) is 1.15. The Hall–Kier alpha value is -1.49. The Morgan fingerprint density at radius 3 is 2.31 bits per heavy atom. The van der Waals surface area contributed by atoms with Crippen molar-refractivity contribution in [1.82, 2.24) is 9.78 Å². The van der Waals surface area contributed by atoms with Crippen LogP contribution in [0.3, 0.4) is 0 Å². The van der Waals surface area contributed by atoms with E-state index in [1.54, 1.807) is 24.3 Å². The molecule has 6 heteroatoms. The molecule has 0 unspecified atom stereocenters. The lowest BCUT2D eigenvalue weighted by Gasteiger charge is -2.02. The number of hydrogen-bond donors (Lipinski definition) is 0. The van der Waals surface area contributed by atoms with Crippen molar-refractivity contribution in [2.75, 3.05) is 0 Å². The molecule has 0 aliphatic rings. The monoisotopic (exact) mass is 245 g/mol. The van der Waals surface area contributed by atoms with E-state index in [2.05, 4.69) is 11.2 Å². The van der Waals surface area contributed by atoms with Crippen LogP contribution in [0.25, 0.3) is 5.69 Å². The van der Waals surface area contributed by atoms with Gasteiger partial charge in [-0.25, -0.2) is 4.68 Å². The van der Waals surface area contributed by atoms with E-state index in [1.807, 2.05) is 0 Å². The van der Waals surface area contributed by atoms with E-state index in [1.165, 1.54) is 0 Å². The lowest BCUT2D eigenvalue weighted by molar-refractivity contribution is -0.141. The van der Waals surface area contributed by atoms with Gasteiger partial charge in [-0.05, 0) is 24.3 Å². The summed E-state index contributed by atoms with van der Waals surface area (Å²) < 4.78 is 37.9. The van der Waals surface area contributed by atoms with Crippen LogP contribution in [0.1, 0.15) is 5.69 Å². The van der Waals surface area contributed by atoms with Crippen LogP contribution in [-0.4, -0.2) is 9.78 Å². The normalized spacial score (nSPS) is 11.8. The maximum atomic E-state index is 12.3. The minimum absolute atomic E-state index is 0.496. The average molecular weight is 246 g/mol. The van der Waals surface area contributed by atoms with E-state index in [9.17, 15) is 13.2 Å². The quantitative estimate of drug-likeness (QED) is 0.753. The van der Waals surface area contributed by atoms with Gasteiger partial charge < -0.3 is 0 Å². The lowest BCUT2D eigenvalue weighted by atomic mass is 10.3. The second kappa shape index (κ2) is 3.83. The summed E-state index contributed by atoms with van der Waals surface area (Å²) in [6.07, 6.45) is -3.34. The summed E-state index contributed by atoms with van der Waals surface area (Å²) in [5, 5.41) is 3.88. The highest BCUT2D eigenvalue weighted by molar-refractivity contribution is 6.30. The van der Waals surface area contributed by atoms with Crippen molar-refractivity contribution in [2.45, 2.75) is 6.18 Å². The molecule has 0 atom stereocenters. The Morgan fingerprint density at radius 1 is 1.19 bits per heavy atom. The number of benzene rings is 1. The van der Waals surface area contributed by atoms with Crippen LogP contribution in [0, 0.1) is 6.07 Å². The number of nitrogens with zero attached hydrogens (tertiary/aromatic N) is 2. The average Bonchev–Trinajstić information content (AvgIpc) is 2.67. The van der Waals surface area contributed by atoms with Crippen LogP contribution in [0.2, 0.25) is 5.02 Å². The first kappa shape index (κ1) is 11.0. The first-order chi connectivity index (χ1) is 7.47. The van der Waals surface area contributed by atoms with Crippen LogP contribution in [-0.2, 0) is 6.18 Å². The van der Waals surface area contributed by atoms with E-state index in [-0.39, 0.29) is 0 Å². The third-order valence-corrected chi connectivity index (χ3v) is 2.14. The zero-order valence-corrected chi connectivity index (χ0v) is 8.55. The minimum atomic E-state index is -4.47. The summed E-state index contributed by atoms with van der Waals surface area (Å²) in [5.41, 5.74) is -0.543. The van der Waals surface area contributed by atoms with E-state index in [4.69, 9.17) is 11.6 Å². The standard InChI is InChI=1S/C10H5ClF3N2/c11-7-1-3-8(4-2-7)16-6-5-9(15-16)10(12,13)14/h1-4,6H. The van der Waals surface area contributed by atoms with Gasteiger partial charge in [0.2, 0.25) is 0 Å². The third-order valence-electron chi connectivity index (χ3n) is 1.89. The second-order valence-electron chi connectivity index (χ2n) is 3.04. The Morgan fingerprint density at radius 2 is 1.81 bits per heavy atom. The molecular weight excluding hydrogens is 241 g/mol. The van der Waals surface area contributed by atoms with Crippen molar-refractivity contribution < 1.29 is 13.2 Å². The molecule has 0 saturated heterocycles. The molecule has 2 aromatic rings. The van der Waals surface area contributed by atoms with E-state index in [0.29, 0.717) is 10.7 Å². The van der Waals surface area contributed by atoms with Gasteiger partial charge in [0.25, 0.3) is 0 Å². The molecule has 1 heterocycles. The number of hydrogen-bond acceptors (Lipinski definition) is 1. The lowest BCUT2D eigenvalue weighted by Crippen LogP contribution is -2.07. The van der Waals surface area contributed by atoms with Crippen molar-refractivity contribution in [3.05, 3.63) is 47.2 Å². The van der Waals surface area contributed by atoms with Crippen LogP contribution in [0.5, 0.6) is 0 Å². The summed E-state index contributed by atoms with van der Waals surface area (Å²) in [5.74, 6) is 0. The Kier molecular flexibility index (Phi) is 2.63. The van der Waals surface area contributed by atoms with Gasteiger partial charge in [-0.2, -0.15) is 18.3 Å². The molecule has 2 nitrogen and oxygen atoms in total. The molecule has 16 heavy (non-hydrogen) atoms. The van der Waals surface area contributed by atoms with Crippen molar-refractivity contribution >= 4 is 11.6 Å². The zero-order chi connectivity index (χ0) is 11.8. The predicted molar refractivity (Wildman–Crippen MR) is 52.4 cm³/mol. The summed E-state index contributed by atoms with van der Waals surface area (Å²) in [6, 6.07) is 8.35. The molecule has 0 spiro atoms. The van der Waals surface area contributed by atoms with Gasteiger partial charge in [-0.1, -0.05) is 11.6 Å². The molecule has 0 saturated carbocycles. The van der Waals surface area contributed by atoms with Gasteiger partial charge in [0.1, 0.15) is 0 Å². The molecule has 0 fully saturated rings. The fraction of sp³-hybridized carbons (Fsp3) is 0.100. The molecule has 83 valence electrons. The van der Waals surface area contributed by atoms with Crippen LogP contribution < -0.4 is 0 Å². The number of rotatable bonds is 1. The van der Waals surface area contributed by atoms with Gasteiger partial charge >= 0.3 is 6.18 Å². The van der Waals surface area contributed by atoms with Crippen LogP contribution in [0.4, 0.5) is 13.2 Å². The van der Waals surface area contributed by atoms with Gasteiger partial charge in [0.15, 0.2) is 5.69 Å². The van der Waals surface area contributed by atoms with Crippen LogP contribution >= 0.6 is 11.6 Å². The first-order valence-electron chi connectivity index (χ1n) is 4.27. The third kappa shape index (κ3) is 2.19. The Balaban J connectivity index is 2.35. The van der Waals surface area contributed by atoms with Crippen molar-refractivity contribution in [1.29, 1.82) is 0 Å². The Labute approximate surface area is 94.3 Å².